The molecule has 0 aromatic heterocycles. The molecule has 1 aliphatic heterocycles. The number of ether oxygens (including phenoxy) is 1. The Hall–Kier alpha value is -1.70. The summed E-state index contributed by atoms with van der Waals surface area (Å²) in [5.74, 6) is -0.0785. The van der Waals surface area contributed by atoms with Gasteiger partial charge in [0.1, 0.15) is 11.9 Å². The van der Waals surface area contributed by atoms with Crippen molar-refractivity contribution in [1.29, 1.82) is 0 Å². The van der Waals surface area contributed by atoms with E-state index in [1.165, 1.54) is 18.2 Å². The minimum atomic E-state index is -5.70. The summed E-state index contributed by atoms with van der Waals surface area (Å²) in [4.78, 5) is 0. The van der Waals surface area contributed by atoms with Gasteiger partial charge in [-0.05, 0) is 18.6 Å². The van der Waals surface area contributed by atoms with Gasteiger partial charge in [-0.2, -0.15) is 21.6 Å². The SMILES string of the molecule is CC[C@H]1C=C(OS(=O)(=O)C(F)(F)F)c2ccccc2O1. The molecule has 0 bridgehead atoms. The molecule has 0 saturated heterocycles. The average molecular weight is 308 g/mol. The Kier molecular flexibility index (Phi) is 3.68. The van der Waals surface area contributed by atoms with Crippen molar-refractivity contribution in [2.75, 3.05) is 0 Å². The highest BCUT2D eigenvalue weighted by atomic mass is 32.2. The van der Waals surface area contributed by atoms with Crippen LogP contribution in [0.3, 0.4) is 0 Å². The molecular formula is C12H11F3O4S. The predicted octanol–water partition coefficient (Wildman–Crippen LogP) is 3.06. The smallest absolute Gasteiger partial charge is 0.485 e. The molecule has 1 aromatic rings. The Morgan fingerprint density at radius 2 is 1.95 bits per heavy atom. The van der Waals surface area contributed by atoms with Gasteiger partial charge in [-0.3, -0.25) is 0 Å². The molecular weight excluding hydrogens is 297 g/mol. The fourth-order valence-electron chi connectivity index (χ4n) is 1.67. The monoisotopic (exact) mass is 308 g/mol. The fourth-order valence-corrected chi connectivity index (χ4v) is 2.14. The second-order valence-electron chi connectivity index (χ2n) is 4.07. The molecule has 1 atom stereocenters. The third-order valence-electron chi connectivity index (χ3n) is 2.65. The zero-order valence-corrected chi connectivity index (χ0v) is 11.2. The Morgan fingerprint density at radius 1 is 1.30 bits per heavy atom. The zero-order valence-electron chi connectivity index (χ0n) is 10.3. The zero-order chi connectivity index (χ0) is 15.0. The molecule has 0 radical (unpaired) electrons. The van der Waals surface area contributed by atoms with Crippen LogP contribution in [0, 0.1) is 0 Å². The van der Waals surface area contributed by atoms with Crippen LogP contribution < -0.4 is 4.74 Å². The normalized spacial score (nSPS) is 18.8. The van der Waals surface area contributed by atoms with Gasteiger partial charge in [-0.1, -0.05) is 19.1 Å². The van der Waals surface area contributed by atoms with Gasteiger partial charge < -0.3 is 8.92 Å². The number of alkyl halides is 3. The molecule has 0 aliphatic carbocycles. The maximum Gasteiger partial charge on any atom is 0.534 e. The van der Waals surface area contributed by atoms with Crippen LogP contribution in [0.25, 0.3) is 5.76 Å². The molecule has 4 nitrogen and oxygen atoms in total. The summed E-state index contributed by atoms with van der Waals surface area (Å²) in [6.45, 7) is 1.75. The third kappa shape index (κ3) is 2.74. The van der Waals surface area contributed by atoms with Gasteiger partial charge in [0.2, 0.25) is 0 Å². The van der Waals surface area contributed by atoms with Crippen LogP contribution in [0.5, 0.6) is 5.75 Å². The predicted molar refractivity (Wildman–Crippen MR) is 65.2 cm³/mol. The molecule has 8 heteroatoms. The quantitative estimate of drug-likeness (QED) is 0.636. The first-order valence-electron chi connectivity index (χ1n) is 5.73. The number of halogens is 3. The number of rotatable bonds is 3. The summed E-state index contributed by atoms with van der Waals surface area (Å²) in [6, 6.07) is 6.14. The number of benzene rings is 1. The minimum absolute atomic E-state index is 0.171. The van der Waals surface area contributed by atoms with E-state index in [1.54, 1.807) is 19.1 Å². The van der Waals surface area contributed by atoms with Crippen LogP contribution >= 0.6 is 0 Å². The first kappa shape index (κ1) is 14.7. The van der Waals surface area contributed by atoms with Crippen molar-refractivity contribution in [3.05, 3.63) is 35.9 Å². The topological polar surface area (TPSA) is 52.6 Å². The highest BCUT2D eigenvalue weighted by molar-refractivity contribution is 7.87. The van der Waals surface area contributed by atoms with Crippen LogP contribution in [-0.4, -0.2) is 20.0 Å². The molecule has 0 spiro atoms. The number of para-hydroxylation sites is 1. The number of fused-ring (bicyclic) bond motifs is 1. The molecule has 110 valence electrons. The first-order valence-corrected chi connectivity index (χ1v) is 7.14. The molecule has 0 amide bonds. The van der Waals surface area contributed by atoms with Crippen molar-refractivity contribution in [3.8, 4) is 5.75 Å². The van der Waals surface area contributed by atoms with E-state index in [9.17, 15) is 21.6 Å². The summed E-state index contributed by atoms with van der Waals surface area (Å²) >= 11 is 0. The van der Waals surface area contributed by atoms with Crippen LogP contribution in [-0.2, 0) is 14.3 Å². The van der Waals surface area contributed by atoms with E-state index in [0.717, 1.165) is 0 Å². The molecule has 0 saturated carbocycles. The lowest BCUT2D eigenvalue weighted by atomic mass is 10.1. The van der Waals surface area contributed by atoms with E-state index in [2.05, 4.69) is 4.18 Å². The van der Waals surface area contributed by atoms with E-state index < -0.39 is 21.7 Å². The van der Waals surface area contributed by atoms with Crippen molar-refractivity contribution < 1.29 is 30.5 Å². The Balaban J connectivity index is 2.41. The highest BCUT2D eigenvalue weighted by Gasteiger charge is 2.49. The van der Waals surface area contributed by atoms with Gasteiger partial charge in [0.25, 0.3) is 0 Å². The summed E-state index contributed by atoms with van der Waals surface area (Å²) in [7, 11) is -5.70. The molecule has 2 rings (SSSR count). The number of hydrogen-bond acceptors (Lipinski definition) is 4. The summed E-state index contributed by atoms with van der Waals surface area (Å²) in [5.41, 5.74) is -5.30. The average Bonchev–Trinajstić information content (AvgIpc) is 2.36. The molecule has 1 aromatic carbocycles. The second kappa shape index (κ2) is 5.01. The lowest BCUT2D eigenvalue weighted by molar-refractivity contribution is -0.0510. The van der Waals surface area contributed by atoms with Crippen molar-refractivity contribution in [2.45, 2.75) is 25.0 Å². The van der Waals surface area contributed by atoms with E-state index in [-0.39, 0.29) is 17.1 Å². The van der Waals surface area contributed by atoms with Crippen molar-refractivity contribution in [3.63, 3.8) is 0 Å². The molecule has 1 aliphatic rings. The Labute approximate surface area is 113 Å². The van der Waals surface area contributed by atoms with Gasteiger partial charge in [-0.25, -0.2) is 0 Å². The molecule has 0 N–H and O–H groups in total. The molecule has 1 heterocycles. The maximum absolute atomic E-state index is 12.4. The fraction of sp³-hybridized carbons (Fsp3) is 0.333. The summed E-state index contributed by atoms with van der Waals surface area (Å²) in [6.07, 6.45) is 1.15. The molecule has 0 fully saturated rings. The van der Waals surface area contributed by atoms with Crippen molar-refractivity contribution >= 4 is 15.9 Å². The van der Waals surface area contributed by atoms with Crippen molar-refractivity contribution in [2.24, 2.45) is 0 Å². The van der Waals surface area contributed by atoms with Crippen LogP contribution in [0.15, 0.2) is 30.3 Å². The molecule has 0 unspecified atom stereocenters. The van der Waals surface area contributed by atoms with E-state index in [0.29, 0.717) is 6.42 Å². The van der Waals surface area contributed by atoms with Crippen LogP contribution in [0.1, 0.15) is 18.9 Å². The lowest BCUT2D eigenvalue weighted by Gasteiger charge is -2.24. The van der Waals surface area contributed by atoms with Gasteiger partial charge in [-0.15, -0.1) is 0 Å². The van der Waals surface area contributed by atoms with Crippen LogP contribution in [0.4, 0.5) is 13.2 Å². The van der Waals surface area contributed by atoms with Gasteiger partial charge in [0.15, 0.2) is 5.76 Å². The molecule has 20 heavy (non-hydrogen) atoms. The summed E-state index contributed by atoms with van der Waals surface area (Å²) < 4.78 is 69.0. The van der Waals surface area contributed by atoms with Gasteiger partial charge >= 0.3 is 15.6 Å². The minimum Gasteiger partial charge on any atom is -0.485 e. The third-order valence-corrected chi connectivity index (χ3v) is 3.62. The Morgan fingerprint density at radius 3 is 2.55 bits per heavy atom. The Bertz CT molecular complexity index is 634. The standard InChI is InChI=1S/C12H11F3O4S/c1-2-8-7-11(19-20(16,17)12(13,14)15)9-5-3-4-6-10(9)18-8/h3-8H,2H2,1H3/t8-/m0/s1. The van der Waals surface area contributed by atoms with Gasteiger partial charge in [0.05, 0.1) is 5.56 Å². The van der Waals surface area contributed by atoms with E-state index >= 15 is 0 Å². The highest BCUT2D eigenvalue weighted by Crippen LogP contribution is 2.36. The maximum atomic E-state index is 12.4. The van der Waals surface area contributed by atoms with Crippen LogP contribution in [0.2, 0.25) is 0 Å². The summed E-state index contributed by atoms with van der Waals surface area (Å²) in [5, 5.41) is 0. The largest absolute Gasteiger partial charge is 0.534 e. The first-order chi connectivity index (χ1) is 9.24. The van der Waals surface area contributed by atoms with Gasteiger partial charge in [0, 0.05) is 6.08 Å². The van der Waals surface area contributed by atoms with E-state index in [1.807, 2.05) is 0 Å². The lowest BCUT2D eigenvalue weighted by Crippen LogP contribution is -2.27. The van der Waals surface area contributed by atoms with Crippen molar-refractivity contribution in [1.82, 2.24) is 0 Å². The second-order valence-corrected chi connectivity index (χ2v) is 5.61. The van der Waals surface area contributed by atoms with E-state index in [4.69, 9.17) is 4.74 Å². The number of hydrogen-bond donors (Lipinski definition) is 0.